The molecular weight excluding hydrogens is 330 g/mol. The monoisotopic (exact) mass is 353 g/mol. The van der Waals surface area contributed by atoms with Crippen molar-refractivity contribution in [1.29, 1.82) is 0 Å². The molecule has 1 spiro atoms. The van der Waals surface area contributed by atoms with Gasteiger partial charge in [0.05, 0.1) is 13.2 Å². The minimum absolute atomic E-state index is 0.0645. The Labute approximate surface area is 152 Å². The predicted octanol–water partition coefficient (Wildman–Crippen LogP) is 1.45. The van der Waals surface area contributed by atoms with Gasteiger partial charge in [0.25, 0.3) is 5.91 Å². The second kappa shape index (κ2) is 5.58. The molecule has 0 radical (unpaired) electrons. The highest BCUT2D eigenvalue weighted by Crippen LogP contribution is 2.48. The summed E-state index contributed by atoms with van der Waals surface area (Å²) in [7, 11) is 0. The van der Waals surface area contributed by atoms with Crippen LogP contribution < -0.4 is 15.4 Å². The molecular formula is C20H23N3O3. The first-order chi connectivity index (χ1) is 12.6. The Morgan fingerprint density at radius 2 is 2.04 bits per heavy atom. The molecule has 2 saturated heterocycles. The molecule has 2 fully saturated rings. The van der Waals surface area contributed by atoms with Gasteiger partial charge in [-0.3, -0.25) is 9.59 Å². The van der Waals surface area contributed by atoms with Crippen LogP contribution in [0.25, 0.3) is 0 Å². The molecule has 1 unspecified atom stereocenters. The average Bonchev–Trinajstić information content (AvgIpc) is 3.15. The van der Waals surface area contributed by atoms with Crippen LogP contribution in [-0.2, 0) is 16.8 Å². The van der Waals surface area contributed by atoms with Crippen molar-refractivity contribution in [3.8, 4) is 5.75 Å². The first kappa shape index (κ1) is 15.9. The molecule has 2 N–H and O–H groups in total. The topological polar surface area (TPSA) is 70.7 Å². The SMILES string of the molecule is C=C1CCC(N2Cc3c(ccc4c3OCC43CCNCC3)C2=O)C(=O)N1. The van der Waals surface area contributed by atoms with E-state index in [1.807, 2.05) is 6.07 Å². The highest BCUT2D eigenvalue weighted by Gasteiger charge is 2.46. The molecule has 1 aromatic carbocycles. The van der Waals surface area contributed by atoms with Crippen LogP contribution >= 0.6 is 0 Å². The average molecular weight is 353 g/mol. The molecule has 26 heavy (non-hydrogen) atoms. The van der Waals surface area contributed by atoms with Crippen molar-refractivity contribution in [3.63, 3.8) is 0 Å². The molecule has 2 amide bonds. The van der Waals surface area contributed by atoms with Crippen molar-refractivity contribution in [2.45, 2.75) is 43.7 Å². The molecule has 0 bridgehead atoms. The van der Waals surface area contributed by atoms with Gasteiger partial charge in [0.1, 0.15) is 11.8 Å². The second-order valence-electron chi connectivity index (χ2n) is 7.87. The molecule has 4 aliphatic rings. The number of carbonyl (C=O) groups excluding carboxylic acids is 2. The summed E-state index contributed by atoms with van der Waals surface area (Å²) in [5.74, 6) is 0.695. The van der Waals surface area contributed by atoms with Crippen LogP contribution in [0.15, 0.2) is 24.4 Å². The molecule has 0 saturated carbocycles. The van der Waals surface area contributed by atoms with Crippen LogP contribution in [0.3, 0.4) is 0 Å². The normalized spacial score (nSPS) is 26.5. The summed E-state index contributed by atoms with van der Waals surface area (Å²) in [5.41, 5.74) is 3.69. The third-order valence-electron chi connectivity index (χ3n) is 6.40. The van der Waals surface area contributed by atoms with E-state index in [2.05, 4.69) is 23.3 Å². The number of nitrogens with one attached hydrogen (secondary N) is 2. The van der Waals surface area contributed by atoms with Crippen LogP contribution in [0.1, 0.15) is 47.2 Å². The first-order valence-corrected chi connectivity index (χ1v) is 9.39. The van der Waals surface area contributed by atoms with E-state index in [0.29, 0.717) is 31.6 Å². The van der Waals surface area contributed by atoms with Crippen LogP contribution in [0.2, 0.25) is 0 Å². The van der Waals surface area contributed by atoms with E-state index in [0.717, 1.165) is 42.9 Å². The summed E-state index contributed by atoms with van der Waals surface area (Å²) in [5, 5.41) is 6.20. The number of carbonyl (C=O) groups is 2. The number of amides is 2. The van der Waals surface area contributed by atoms with Crippen molar-refractivity contribution in [3.05, 3.63) is 41.1 Å². The van der Waals surface area contributed by atoms with E-state index in [1.165, 1.54) is 5.56 Å². The highest BCUT2D eigenvalue weighted by atomic mass is 16.5. The quantitative estimate of drug-likeness (QED) is 0.802. The van der Waals surface area contributed by atoms with Gasteiger partial charge in [0.15, 0.2) is 0 Å². The van der Waals surface area contributed by atoms with E-state index < -0.39 is 6.04 Å². The number of hydrogen-bond donors (Lipinski definition) is 2. The van der Waals surface area contributed by atoms with Crippen LogP contribution in [0.4, 0.5) is 0 Å². The zero-order valence-electron chi connectivity index (χ0n) is 14.8. The Hall–Kier alpha value is -2.34. The molecule has 6 heteroatoms. The molecule has 5 rings (SSSR count). The smallest absolute Gasteiger partial charge is 0.255 e. The maximum Gasteiger partial charge on any atom is 0.255 e. The van der Waals surface area contributed by atoms with Crippen LogP contribution in [-0.4, -0.2) is 42.5 Å². The first-order valence-electron chi connectivity index (χ1n) is 9.39. The van der Waals surface area contributed by atoms with E-state index in [1.54, 1.807) is 4.90 Å². The van der Waals surface area contributed by atoms with E-state index >= 15 is 0 Å². The summed E-state index contributed by atoms with van der Waals surface area (Å²) in [6.07, 6.45) is 3.46. The number of fused-ring (bicyclic) bond motifs is 4. The summed E-state index contributed by atoms with van der Waals surface area (Å²) in [6, 6.07) is 3.59. The molecule has 6 nitrogen and oxygen atoms in total. The minimum Gasteiger partial charge on any atom is -0.492 e. The molecule has 0 aliphatic carbocycles. The number of piperidine rings is 2. The van der Waals surface area contributed by atoms with Gasteiger partial charge in [-0.2, -0.15) is 0 Å². The zero-order chi connectivity index (χ0) is 17.9. The summed E-state index contributed by atoms with van der Waals surface area (Å²) in [6.45, 7) is 6.96. The third-order valence-corrected chi connectivity index (χ3v) is 6.40. The summed E-state index contributed by atoms with van der Waals surface area (Å²) >= 11 is 0. The van der Waals surface area contributed by atoms with E-state index in [-0.39, 0.29) is 17.2 Å². The number of nitrogens with zero attached hydrogens (tertiary/aromatic N) is 1. The molecule has 4 aliphatic heterocycles. The largest absolute Gasteiger partial charge is 0.492 e. The van der Waals surface area contributed by atoms with E-state index in [9.17, 15) is 9.59 Å². The Balaban J connectivity index is 1.48. The number of allylic oxidation sites excluding steroid dienone is 1. The number of hydrogen-bond acceptors (Lipinski definition) is 4. The summed E-state index contributed by atoms with van der Waals surface area (Å²) in [4.78, 5) is 27.0. The highest BCUT2D eigenvalue weighted by molar-refractivity contribution is 6.02. The third kappa shape index (κ3) is 2.14. The van der Waals surface area contributed by atoms with Gasteiger partial charge in [-0.15, -0.1) is 0 Å². The van der Waals surface area contributed by atoms with Gasteiger partial charge in [0, 0.05) is 27.8 Å². The van der Waals surface area contributed by atoms with Gasteiger partial charge < -0.3 is 20.3 Å². The molecule has 4 heterocycles. The number of benzene rings is 1. The molecule has 1 aromatic rings. The Morgan fingerprint density at radius 3 is 2.81 bits per heavy atom. The lowest BCUT2D eigenvalue weighted by Gasteiger charge is -2.32. The van der Waals surface area contributed by atoms with Gasteiger partial charge in [-0.05, 0) is 44.8 Å². The molecule has 1 atom stereocenters. The number of rotatable bonds is 1. The van der Waals surface area contributed by atoms with Crippen molar-refractivity contribution in [2.24, 2.45) is 0 Å². The van der Waals surface area contributed by atoms with Crippen molar-refractivity contribution >= 4 is 11.8 Å². The fourth-order valence-corrected chi connectivity index (χ4v) is 4.88. The van der Waals surface area contributed by atoms with Crippen LogP contribution in [0, 0.1) is 0 Å². The van der Waals surface area contributed by atoms with Crippen molar-refractivity contribution < 1.29 is 14.3 Å². The van der Waals surface area contributed by atoms with Gasteiger partial charge >= 0.3 is 0 Å². The van der Waals surface area contributed by atoms with Gasteiger partial charge in [-0.25, -0.2) is 0 Å². The Kier molecular flexibility index (Phi) is 3.41. The maximum absolute atomic E-state index is 12.9. The maximum atomic E-state index is 12.9. The molecule has 136 valence electrons. The molecule has 0 aromatic heterocycles. The van der Waals surface area contributed by atoms with Crippen molar-refractivity contribution in [1.82, 2.24) is 15.5 Å². The Morgan fingerprint density at radius 1 is 1.23 bits per heavy atom. The zero-order valence-corrected chi connectivity index (χ0v) is 14.8. The minimum atomic E-state index is -0.426. The number of ether oxygens (including phenoxy) is 1. The summed E-state index contributed by atoms with van der Waals surface area (Å²) < 4.78 is 6.14. The van der Waals surface area contributed by atoms with Gasteiger partial charge in [0.2, 0.25) is 5.91 Å². The van der Waals surface area contributed by atoms with Crippen molar-refractivity contribution in [2.75, 3.05) is 19.7 Å². The standard InChI is InChI=1S/C20H23N3O3/c1-12-2-5-16(18(24)22-12)23-10-14-13(19(23)25)3-4-15-17(14)26-11-20(15)6-8-21-9-7-20/h3-4,16,21H,1-2,5-11H2,(H,22,24). The van der Waals surface area contributed by atoms with Crippen LogP contribution in [0.5, 0.6) is 5.75 Å². The lowest BCUT2D eigenvalue weighted by molar-refractivity contribution is -0.126. The lowest BCUT2D eigenvalue weighted by atomic mass is 9.74. The predicted molar refractivity (Wildman–Crippen MR) is 95.9 cm³/mol. The van der Waals surface area contributed by atoms with E-state index in [4.69, 9.17) is 4.74 Å². The second-order valence-corrected chi connectivity index (χ2v) is 7.87. The Bertz CT molecular complexity index is 826. The lowest BCUT2D eigenvalue weighted by Crippen LogP contribution is -2.49. The fourth-order valence-electron chi connectivity index (χ4n) is 4.88. The fraction of sp³-hybridized carbons (Fsp3) is 0.500. The van der Waals surface area contributed by atoms with Gasteiger partial charge in [-0.1, -0.05) is 12.6 Å².